The monoisotopic (exact) mass is 300 g/mol. The number of piperidine rings is 1. The van der Waals surface area contributed by atoms with Crippen LogP contribution in [0.25, 0.3) is 0 Å². The van der Waals surface area contributed by atoms with E-state index < -0.39 is 5.97 Å². The van der Waals surface area contributed by atoms with E-state index in [2.05, 4.69) is 15.1 Å². The highest BCUT2D eigenvalue weighted by atomic mass is 16.4. The van der Waals surface area contributed by atoms with Crippen LogP contribution in [0.5, 0.6) is 0 Å². The van der Waals surface area contributed by atoms with Gasteiger partial charge in [-0.15, -0.1) is 10.2 Å². The molecule has 1 saturated heterocycles. The van der Waals surface area contributed by atoms with Gasteiger partial charge in [-0.3, -0.25) is 4.90 Å². The van der Waals surface area contributed by atoms with Crippen LogP contribution in [0, 0.1) is 0 Å². The highest BCUT2D eigenvalue weighted by Crippen LogP contribution is 2.28. The SMILES string of the molecule is Cn1cnnc1CN1CCCC(c2cccc(C(=O)O)c2)C1. The topological polar surface area (TPSA) is 71.2 Å². The Morgan fingerprint density at radius 3 is 3.05 bits per heavy atom. The summed E-state index contributed by atoms with van der Waals surface area (Å²) < 4.78 is 1.94. The van der Waals surface area contributed by atoms with Crippen LogP contribution in [-0.4, -0.2) is 43.8 Å². The molecule has 0 bridgehead atoms. The van der Waals surface area contributed by atoms with Crippen molar-refractivity contribution in [1.82, 2.24) is 19.7 Å². The summed E-state index contributed by atoms with van der Waals surface area (Å²) in [7, 11) is 1.95. The molecule has 1 aromatic carbocycles. The number of aromatic nitrogens is 3. The van der Waals surface area contributed by atoms with Crippen molar-refractivity contribution in [1.29, 1.82) is 0 Å². The molecule has 0 amide bonds. The van der Waals surface area contributed by atoms with Crippen LogP contribution in [0.3, 0.4) is 0 Å². The fourth-order valence-electron chi connectivity index (χ4n) is 3.05. The molecule has 1 fully saturated rings. The van der Waals surface area contributed by atoms with E-state index in [4.69, 9.17) is 5.11 Å². The van der Waals surface area contributed by atoms with E-state index in [0.717, 1.165) is 43.9 Å². The van der Waals surface area contributed by atoms with E-state index in [1.807, 2.05) is 23.7 Å². The second-order valence-corrected chi connectivity index (χ2v) is 5.86. The molecule has 6 heteroatoms. The van der Waals surface area contributed by atoms with Gasteiger partial charge in [0.05, 0.1) is 12.1 Å². The Hall–Kier alpha value is -2.21. The maximum atomic E-state index is 11.1. The maximum Gasteiger partial charge on any atom is 0.335 e. The predicted octanol–water partition coefficient (Wildman–Crippen LogP) is 1.89. The molecule has 1 aliphatic rings. The number of aromatic carboxylic acids is 1. The smallest absolute Gasteiger partial charge is 0.335 e. The van der Waals surface area contributed by atoms with Gasteiger partial charge in [-0.2, -0.15) is 0 Å². The van der Waals surface area contributed by atoms with Gasteiger partial charge in [-0.25, -0.2) is 4.79 Å². The van der Waals surface area contributed by atoms with Gasteiger partial charge in [0.2, 0.25) is 0 Å². The lowest BCUT2D eigenvalue weighted by molar-refractivity contribution is 0.0696. The second kappa shape index (κ2) is 6.27. The zero-order chi connectivity index (χ0) is 15.5. The Morgan fingerprint density at radius 2 is 2.32 bits per heavy atom. The Kier molecular flexibility index (Phi) is 4.20. The lowest BCUT2D eigenvalue weighted by Gasteiger charge is -2.32. The summed E-state index contributed by atoms with van der Waals surface area (Å²) >= 11 is 0. The van der Waals surface area contributed by atoms with Crippen molar-refractivity contribution in [2.45, 2.75) is 25.3 Å². The summed E-state index contributed by atoms with van der Waals surface area (Å²) in [5.41, 5.74) is 1.48. The fourth-order valence-corrected chi connectivity index (χ4v) is 3.05. The molecule has 1 aliphatic heterocycles. The first kappa shape index (κ1) is 14.7. The summed E-state index contributed by atoms with van der Waals surface area (Å²) in [5.74, 6) is 0.467. The van der Waals surface area contributed by atoms with Gasteiger partial charge in [0.1, 0.15) is 12.2 Å². The highest BCUT2D eigenvalue weighted by Gasteiger charge is 2.23. The van der Waals surface area contributed by atoms with Gasteiger partial charge in [0.25, 0.3) is 0 Å². The molecule has 116 valence electrons. The van der Waals surface area contributed by atoms with Crippen molar-refractivity contribution in [3.8, 4) is 0 Å². The zero-order valence-electron chi connectivity index (χ0n) is 12.6. The molecule has 0 aliphatic carbocycles. The molecule has 0 saturated carbocycles. The van der Waals surface area contributed by atoms with E-state index in [1.165, 1.54) is 0 Å². The summed E-state index contributed by atoms with van der Waals surface area (Å²) in [6.45, 7) is 2.75. The molecule has 1 atom stereocenters. The average molecular weight is 300 g/mol. The third-order valence-electron chi connectivity index (χ3n) is 4.28. The number of rotatable bonds is 4. The number of nitrogens with zero attached hydrogens (tertiary/aromatic N) is 4. The Labute approximate surface area is 129 Å². The lowest BCUT2D eigenvalue weighted by atomic mass is 9.89. The minimum absolute atomic E-state index is 0.364. The fraction of sp³-hybridized carbons (Fsp3) is 0.438. The molecule has 2 heterocycles. The van der Waals surface area contributed by atoms with E-state index >= 15 is 0 Å². The van der Waals surface area contributed by atoms with Gasteiger partial charge < -0.3 is 9.67 Å². The molecule has 6 nitrogen and oxygen atoms in total. The third kappa shape index (κ3) is 3.17. The van der Waals surface area contributed by atoms with Crippen LogP contribution in [0.2, 0.25) is 0 Å². The van der Waals surface area contributed by atoms with Crippen LogP contribution in [0.15, 0.2) is 30.6 Å². The van der Waals surface area contributed by atoms with E-state index in [1.54, 1.807) is 18.5 Å². The molecule has 0 radical (unpaired) electrons. The molecule has 22 heavy (non-hydrogen) atoms. The van der Waals surface area contributed by atoms with Crippen LogP contribution in [0.1, 0.15) is 40.5 Å². The molecule has 3 rings (SSSR count). The van der Waals surface area contributed by atoms with E-state index in [9.17, 15) is 4.79 Å². The molecular weight excluding hydrogens is 280 g/mol. The number of likely N-dealkylation sites (tertiary alicyclic amines) is 1. The van der Waals surface area contributed by atoms with Gasteiger partial charge in [0.15, 0.2) is 0 Å². The quantitative estimate of drug-likeness (QED) is 0.933. The van der Waals surface area contributed by atoms with Crippen molar-refractivity contribution < 1.29 is 9.90 Å². The lowest BCUT2D eigenvalue weighted by Crippen LogP contribution is -2.34. The number of carboxylic acids is 1. The molecule has 1 aromatic heterocycles. The van der Waals surface area contributed by atoms with Crippen LogP contribution >= 0.6 is 0 Å². The first-order valence-electron chi connectivity index (χ1n) is 7.52. The average Bonchev–Trinajstić information content (AvgIpc) is 2.93. The molecule has 0 spiro atoms. The molecule has 1 N–H and O–H groups in total. The molecule has 1 unspecified atom stereocenters. The normalized spacial score (nSPS) is 19.2. The summed E-state index contributed by atoms with van der Waals surface area (Å²) in [4.78, 5) is 13.5. The number of carboxylic acid groups (broad SMARTS) is 1. The molecule has 2 aromatic rings. The van der Waals surface area contributed by atoms with Crippen molar-refractivity contribution in [2.24, 2.45) is 7.05 Å². The zero-order valence-corrected chi connectivity index (χ0v) is 12.6. The number of aryl methyl sites for hydroxylation is 1. The first-order valence-corrected chi connectivity index (χ1v) is 7.52. The third-order valence-corrected chi connectivity index (χ3v) is 4.28. The number of benzene rings is 1. The minimum atomic E-state index is -0.867. The summed E-state index contributed by atoms with van der Waals surface area (Å²) in [6.07, 6.45) is 3.92. The van der Waals surface area contributed by atoms with Crippen LogP contribution in [0.4, 0.5) is 0 Å². The Bertz CT molecular complexity index is 668. The van der Waals surface area contributed by atoms with Crippen molar-refractivity contribution in [3.63, 3.8) is 0 Å². The van der Waals surface area contributed by atoms with Gasteiger partial charge in [-0.05, 0) is 43.0 Å². The maximum absolute atomic E-state index is 11.1. The molecular formula is C16H20N4O2. The second-order valence-electron chi connectivity index (χ2n) is 5.86. The van der Waals surface area contributed by atoms with Crippen LogP contribution < -0.4 is 0 Å². The predicted molar refractivity (Wildman–Crippen MR) is 81.7 cm³/mol. The Balaban J connectivity index is 1.71. The van der Waals surface area contributed by atoms with Crippen LogP contribution in [-0.2, 0) is 13.6 Å². The van der Waals surface area contributed by atoms with Crippen molar-refractivity contribution in [3.05, 3.63) is 47.5 Å². The Morgan fingerprint density at radius 1 is 1.45 bits per heavy atom. The highest BCUT2D eigenvalue weighted by molar-refractivity contribution is 5.87. The van der Waals surface area contributed by atoms with E-state index in [0.29, 0.717) is 11.5 Å². The minimum Gasteiger partial charge on any atom is -0.478 e. The number of hydrogen-bond acceptors (Lipinski definition) is 4. The standard InChI is InChI=1S/C16H20N4O2/c1-19-11-17-18-15(19)10-20-7-3-6-14(9-20)12-4-2-5-13(8-12)16(21)22/h2,4-5,8,11,14H,3,6-7,9-10H2,1H3,(H,21,22). The number of hydrogen-bond donors (Lipinski definition) is 1. The van der Waals surface area contributed by atoms with Gasteiger partial charge >= 0.3 is 5.97 Å². The van der Waals surface area contributed by atoms with E-state index in [-0.39, 0.29) is 0 Å². The largest absolute Gasteiger partial charge is 0.478 e. The van der Waals surface area contributed by atoms with Gasteiger partial charge in [0, 0.05) is 13.6 Å². The number of carbonyl (C=O) groups is 1. The summed E-state index contributed by atoms with van der Waals surface area (Å²) in [5, 5.41) is 17.2. The first-order chi connectivity index (χ1) is 10.6. The van der Waals surface area contributed by atoms with Crippen molar-refractivity contribution in [2.75, 3.05) is 13.1 Å². The van der Waals surface area contributed by atoms with Crippen molar-refractivity contribution >= 4 is 5.97 Å². The summed E-state index contributed by atoms with van der Waals surface area (Å²) in [6, 6.07) is 7.31. The van der Waals surface area contributed by atoms with Gasteiger partial charge in [-0.1, -0.05) is 12.1 Å².